The molecule has 0 bridgehead atoms. The zero-order chi connectivity index (χ0) is 19.3. The number of morpholine rings is 1. The van der Waals surface area contributed by atoms with E-state index in [9.17, 15) is 8.42 Å². The molecule has 1 aliphatic rings. The molecule has 2 aromatic rings. The fraction of sp³-hybridized carbons (Fsp3) is 0.429. The summed E-state index contributed by atoms with van der Waals surface area (Å²) in [5, 5.41) is 0. The van der Waals surface area contributed by atoms with Gasteiger partial charge in [-0.2, -0.15) is 4.72 Å². The van der Waals surface area contributed by atoms with Gasteiger partial charge in [-0.1, -0.05) is 56.3 Å². The van der Waals surface area contributed by atoms with Gasteiger partial charge in [0.2, 0.25) is 10.0 Å². The third-order valence-electron chi connectivity index (χ3n) is 5.05. The molecule has 0 spiro atoms. The molecule has 1 fully saturated rings. The van der Waals surface area contributed by atoms with Crippen molar-refractivity contribution in [2.45, 2.75) is 30.7 Å². The fourth-order valence-corrected chi connectivity index (χ4v) is 4.58. The van der Waals surface area contributed by atoms with Crippen LogP contribution in [0.1, 0.15) is 36.9 Å². The highest BCUT2D eigenvalue weighted by molar-refractivity contribution is 7.89. The maximum atomic E-state index is 13.0. The Labute approximate surface area is 162 Å². The second kappa shape index (κ2) is 8.97. The van der Waals surface area contributed by atoms with Crippen LogP contribution in [0.5, 0.6) is 0 Å². The summed E-state index contributed by atoms with van der Waals surface area (Å²) < 4.78 is 34.3. The minimum Gasteiger partial charge on any atom is -0.370 e. The first kappa shape index (κ1) is 20.0. The summed E-state index contributed by atoms with van der Waals surface area (Å²) in [6.45, 7) is 8.14. The normalized spacial score (nSPS) is 17.1. The van der Waals surface area contributed by atoms with E-state index in [1.54, 1.807) is 12.1 Å². The number of quaternary nitrogens is 1. The largest absolute Gasteiger partial charge is 0.370 e. The summed E-state index contributed by atoms with van der Waals surface area (Å²) in [5.41, 5.74) is 2.12. The Morgan fingerprint density at radius 1 is 0.963 bits per heavy atom. The molecule has 3 rings (SSSR count). The molecular formula is C21H29N2O3S+. The van der Waals surface area contributed by atoms with E-state index in [-0.39, 0.29) is 6.04 Å². The number of sulfonamides is 1. The molecule has 1 atom stereocenters. The van der Waals surface area contributed by atoms with Gasteiger partial charge in [0.05, 0.1) is 30.7 Å². The van der Waals surface area contributed by atoms with Gasteiger partial charge in [-0.05, 0) is 29.2 Å². The summed E-state index contributed by atoms with van der Waals surface area (Å²) in [6, 6.07) is 16.7. The maximum absolute atomic E-state index is 13.0. The molecule has 0 saturated carbocycles. The van der Waals surface area contributed by atoms with Gasteiger partial charge in [-0.15, -0.1) is 0 Å². The summed E-state index contributed by atoms with van der Waals surface area (Å²) >= 11 is 0. The summed E-state index contributed by atoms with van der Waals surface area (Å²) in [4.78, 5) is 1.66. The van der Waals surface area contributed by atoms with Crippen molar-refractivity contribution in [2.75, 3.05) is 32.8 Å². The molecule has 0 radical (unpaired) electrons. The average molecular weight is 390 g/mol. The Balaban J connectivity index is 1.81. The van der Waals surface area contributed by atoms with Crippen LogP contribution in [0.3, 0.4) is 0 Å². The minimum atomic E-state index is -3.60. The first-order chi connectivity index (χ1) is 13.0. The van der Waals surface area contributed by atoms with Gasteiger partial charge < -0.3 is 9.64 Å². The molecule has 0 unspecified atom stereocenters. The molecule has 2 N–H and O–H groups in total. The third-order valence-corrected chi connectivity index (χ3v) is 6.54. The molecule has 1 heterocycles. The van der Waals surface area contributed by atoms with Crippen molar-refractivity contribution in [2.24, 2.45) is 0 Å². The molecule has 5 nitrogen and oxygen atoms in total. The van der Waals surface area contributed by atoms with E-state index < -0.39 is 10.0 Å². The molecule has 1 aliphatic heterocycles. The van der Waals surface area contributed by atoms with Crippen LogP contribution in [0.4, 0.5) is 0 Å². The van der Waals surface area contributed by atoms with Crippen molar-refractivity contribution in [3.63, 3.8) is 0 Å². The van der Waals surface area contributed by atoms with Crippen molar-refractivity contribution in [1.29, 1.82) is 0 Å². The van der Waals surface area contributed by atoms with E-state index in [1.807, 2.05) is 42.5 Å². The highest BCUT2D eigenvalue weighted by Gasteiger charge is 2.26. The minimum absolute atomic E-state index is 0.269. The van der Waals surface area contributed by atoms with Gasteiger partial charge >= 0.3 is 0 Å². The molecule has 2 aromatic carbocycles. The Hall–Kier alpha value is -1.73. The lowest BCUT2D eigenvalue weighted by Gasteiger charge is -2.28. The van der Waals surface area contributed by atoms with Crippen LogP contribution in [0.2, 0.25) is 0 Å². The van der Waals surface area contributed by atoms with Crippen LogP contribution in [0.25, 0.3) is 0 Å². The van der Waals surface area contributed by atoms with E-state index in [4.69, 9.17) is 4.74 Å². The lowest BCUT2D eigenvalue weighted by atomic mass is 10.0. The highest BCUT2D eigenvalue weighted by atomic mass is 32.2. The molecule has 0 aromatic heterocycles. The lowest BCUT2D eigenvalue weighted by molar-refractivity contribution is -0.909. The standard InChI is InChI=1S/C21H28N2O3S/c1-17(2)18-8-10-20(11-9-18)27(24,25)22-21(19-6-4-3-5-7-19)16-23-12-14-26-15-13-23/h3-11,17,21-22H,12-16H2,1-2H3/p+1/t21-/m0/s1. The highest BCUT2D eigenvalue weighted by Crippen LogP contribution is 2.20. The van der Waals surface area contributed by atoms with Crippen molar-refractivity contribution >= 4 is 10.0 Å². The van der Waals surface area contributed by atoms with Gasteiger partial charge in [0.1, 0.15) is 13.1 Å². The van der Waals surface area contributed by atoms with Crippen molar-refractivity contribution in [3.05, 3.63) is 65.7 Å². The first-order valence-corrected chi connectivity index (χ1v) is 11.0. The van der Waals surface area contributed by atoms with Gasteiger partial charge in [0.25, 0.3) is 0 Å². The maximum Gasteiger partial charge on any atom is 0.241 e. The second-order valence-corrected chi connectivity index (χ2v) is 9.09. The van der Waals surface area contributed by atoms with E-state index in [0.29, 0.717) is 17.4 Å². The molecule has 27 heavy (non-hydrogen) atoms. The summed E-state index contributed by atoms with van der Waals surface area (Å²) in [7, 11) is -3.60. The molecule has 6 heteroatoms. The van der Waals surface area contributed by atoms with Crippen LogP contribution in [-0.4, -0.2) is 41.3 Å². The van der Waals surface area contributed by atoms with Gasteiger partial charge in [0, 0.05) is 0 Å². The number of ether oxygens (including phenoxy) is 1. The van der Waals surface area contributed by atoms with Gasteiger partial charge in [0.15, 0.2) is 0 Å². The predicted molar refractivity (Wildman–Crippen MR) is 106 cm³/mol. The molecule has 0 amide bonds. The first-order valence-electron chi connectivity index (χ1n) is 9.54. The Bertz CT molecular complexity index is 814. The van der Waals surface area contributed by atoms with Crippen molar-refractivity contribution in [3.8, 4) is 0 Å². The van der Waals surface area contributed by atoms with E-state index in [2.05, 4.69) is 18.6 Å². The lowest BCUT2D eigenvalue weighted by Crippen LogP contribution is -3.14. The Morgan fingerprint density at radius 2 is 1.59 bits per heavy atom. The van der Waals surface area contributed by atoms with Gasteiger partial charge in [-0.3, -0.25) is 0 Å². The Morgan fingerprint density at radius 3 is 2.19 bits per heavy atom. The van der Waals surface area contributed by atoms with E-state index in [0.717, 1.165) is 37.4 Å². The summed E-state index contributed by atoms with van der Waals surface area (Å²) in [6.07, 6.45) is 0. The Kier molecular flexibility index (Phi) is 6.65. The van der Waals surface area contributed by atoms with Crippen molar-refractivity contribution in [1.82, 2.24) is 4.72 Å². The average Bonchev–Trinajstić information content (AvgIpc) is 2.69. The third kappa shape index (κ3) is 5.39. The zero-order valence-corrected chi connectivity index (χ0v) is 16.8. The zero-order valence-electron chi connectivity index (χ0n) is 16.0. The van der Waals surface area contributed by atoms with Crippen molar-refractivity contribution < 1.29 is 18.1 Å². The molecule has 146 valence electrons. The summed E-state index contributed by atoms with van der Waals surface area (Å²) in [5.74, 6) is 0.372. The number of rotatable bonds is 7. The van der Waals surface area contributed by atoms with Crippen LogP contribution in [0, 0.1) is 0 Å². The SMILES string of the molecule is CC(C)c1ccc(S(=O)(=O)N[C@@H](C[NH+]2CCOCC2)c2ccccc2)cc1. The van der Waals surface area contributed by atoms with E-state index >= 15 is 0 Å². The van der Waals surface area contributed by atoms with E-state index in [1.165, 1.54) is 4.90 Å². The monoisotopic (exact) mass is 389 g/mol. The number of benzene rings is 2. The topological polar surface area (TPSA) is 59.8 Å². The second-order valence-electron chi connectivity index (χ2n) is 7.37. The predicted octanol–water partition coefficient (Wildman–Crippen LogP) is 1.74. The van der Waals surface area contributed by atoms with Crippen LogP contribution >= 0.6 is 0 Å². The quantitative estimate of drug-likeness (QED) is 0.758. The fourth-order valence-electron chi connectivity index (χ4n) is 3.35. The molecule has 0 aliphatic carbocycles. The number of hydrogen-bond acceptors (Lipinski definition) is 3. The van der Waals surface area contributed by atoms with Crippen LogP contribution in [0.15, 0.2) is 59.5 Å². The molecular weight excluding hydrogens is 360 g/mol. The smallest absolute Gasteiger partial charge is 0.241 e. The number of nitrogens with one attached hydrogen (secondary N) is 2. The van der Waals surface area contributed by atoms with Gasteiger partial charge in [-0.25, -0.2) is 8.42 Å². The molecule has 1 saturated heterocycles. The van der Waals surface area contributed by atoms with Crippen LogP contribution in [-0.2, 0) is 14.8 Å². The van der Waals surface area contributed by atoms with Crippen LogP contribution < -0.4 is 9.62 Å². The number of hydrogen-bond donors (Lipinski definition) is 2.